The maximum Gasteiger partial charge on any atom is 0.416 e. The van der Waals surface area contributed by atoms with E-state index >= 15 is 0 Å². The minimum absolute atomic E-state index is 0.0603. The van der Waals surface area contributed by atoms with Crippen molar-refractivity contribution in [3.8, 4) is 11.3 Å². The van der Waals surface area contributed by atoms with E-state index in [9.17, 15) is 22.0 Å². The number of rotatable bonds is 5. The highest BCUT2D eigenvalue weighted by molar-refractivity contribution is 6.29. The van der Waals surface area contributed by atoms with Gasteiger partial charge in [-0.3, -0.25) is 0 Å². The molecule has 0 saturated heterocycles. The molecule has 156 valence electrons. The molecule has 0 radical (unpaired) electrons. The first kappa shape index (κ1) is 21.4. The molecule has 0 spiro atoms. The summed E-state index contributed by atoms with van der Waals surface area (Å²) in [6, 6.07) is 2.85. The zero-order valence-electron chi connectivity index (χ0n) is 15.7. The minimum Gasteiger partial charge on any atom is -0.386 e. The van der Waals surface area contributed by atoms with Crippen molar-refractivity contribution >= 4 is 11.6 Å². The summed E-state index contributed by atoms with van der Waals surface area (Å²) in [5.41, 5.74) is -0.927. The number of hydrogen-bond acceptors (Lipinski definition) is 3. The Hall–Kier alpha value is -2.35. The number of pyridine rings is 1. The summed E-state index contributed by atoms with van der Waals surface area (Å²) in [7, 11) is 0. The summed E-state index contributed by atoms with van der Waals surface area (Å²) in [6.07, 6.45) is -1.20. The first-order valence-corrected chi connectivity index (χ1v) is 9.42. The van der Waals surface area contributed by atoms with Crippen LogP contribution in [0.4, 0.5) is 22.0 Å². The highest BCUT2D eigenvalue weighted by atomic mass is 35.5. The monoisotopic (exact) mass is 431 g/mol. The van der Waals surface area contributed by atoms with E-state index < -0.39 is 34.6 Å². The number of aromatic nitrogens is 1. The molecule has 0 fully saturated rings. The Kier molecular flexibility index (Phi) is 6.03. The van der Waals surface area contributed by atoms with Gasteiger partial charge in [0.25, 0.3) is 0 Å². The molecule has 0 bridgehead atoms. The second-order valence-electron chi connectivity index (χ2n) is 6.93. The summed E-state index contributed by atoms with van der Waals surface area (Å²) in [5.74, 6) is -1.64. The molecule has 0 amide bonds. The van der Waals surface area contributed by atoms with Crippen LogP contribution in [0, 0.1) is 11.6 Å². The third kappa shape index (κ3) is 4.80. The first-order chi connectivity index (χ1) is 13.6. The van der Waals surface area contributed by atoms with Gasteiger partial charge in [0.1, 0.15) is 16.8 Å². The highest BCUT2D eigenvalue weighted by Crippen LogP contribution is 2.35. The van der Waals surface area contributed by atoms with Crippen molar-refractivity contribution in [3.05, 3.63) is 64.1 Å². The largest absolute Gasteiger partial charge is 0.416 e. The molecule has 3 nitrogen and oxygen atoms in total. The number of benzene rings is 1. The number of hydrogen-bond donors (Lipinski definition) is 2. The predicted molar refractivity (Wildman–Crippen MR) is 101 cm³/mol. The summed E-state index contributed by atoms with van der Waals surface area (Å²) >= 11 is 5.65. The van der Waals surface area contributed by atoms with E-state index in [0.29, 0.717) is 18.2 Å². The van der Waals surface area contributed by atoms with Crippen LogP contribution >= 0.6 is 11.6 Å². The third-order valence-electron chi connectivity index (χ3n) is 4.80. The topological polar surface area (TPSA) is 37.0 Å². The Balaban J connectivity index is 1.89. The fourth-order valence-corrected chi connectivity index (χ4v) is 3.42. The Bertz CT molecular complexity index is 942. The summed E-state index contributed by atoms with van der Waals surface area (Å²) in [5, 5.41) is 5.86. The second-order valence-corrected chi connectivity index (χ2v) is 7.31. The molecule has 29 heavy (non-hydrogen) atoms. The van der Waals surface area contributed by atoms with Crippen LogP contribution in [0.15, 0.2) is 36.2 Å². The van der Waals surface area contributed by atoms with Crippen molar-refractivity contribution < 1.29 is 22.0 Å². The van der Waals surface area contributed by atoms with Crippen LogP contribution in [0.25, 0.3) is 11.3 Å². The van der Waals surface area contributed by atoms with Gasteiger partial charge in [0.2, 0.25) is 0 Å². The molecule has 3 rings (SSSR count). The number of alkyl halides is 3. The van der Waals surface area contributed by atoms with Crippen molar-refractivity contribution in [2.45, 2.75) is 44.9 Å². The standard InChI is InChI=1S/C20H19ClF5N3/c1-3-12-6-13(9-27-12)28-10(2)14-7-17(23)15(8-16(14)22)18-4-11(20(24,25)26)5-19(21)29-18/h4-5,7-10,12,27-28H,3,6H2,1-2H3/t10?,12-/m0/s1. The normalized spacial score (nSPS) is 17.7. The molecule has 1 aromatic heterocycles. The lowest BCUT2D eigenvalue weighted by Crippen LogP contribution is -2.20. The molecule has 1 aromatic carbocycles. The Labute approximate surface area is 170 Å². The van der Waals surface area contributed by atoms with E-state index in [-0.39, 0.29) is 16.8 Å². The van der Waals surface area contributed by atoms with E-state index in [2.05, 4.69) is 15.6 Å². The average Bonchev–Trinajstić information content (AvgIpc) is 3.09. The quantitative estimate of drug-likeness (QED) is 0.453. The minimum atomic E-state index is -4.69. The van der Waals surface area contributed by atoms with E-state index in [0.717, 1.165) is 30.7 Å². The zero-order chi connectivity index (χ0) is 21.3. The molecule has 2 atom stereocenters. The first-order valence-electron chi connectivity index (χ1n) is 9.04. The van der Waals surface area contributed by atoms with Gasteiger partial charge >= 0.3 is 6.18 Å². The summed E-state index contributed by atoms with van der Waals surface area (Å²) in [6.45, 7) is 3.72. The van der Waals surface area contributed by atoms with Gasteiger partial charge in [0, 0.05) is 35.5 Å². The van der Waals surface area contributed by atoms with Gasteiger partial charge in [0.15, 0.2) is 0 Å². The van der Waals surface area contributed by atoms with Crippen LogP contribution in [-0.2, 0) is 6.18 Å². The molecular formula is C20H19ClF5N3. The molecule has 1 unspecified atom stereocenters. The number of nitrogens with one attached hydrogen (secondary N) is 2. The van der Waals surface area contributed by atoms with Crippen LogP contribution in [0.3, 0.4) is 0 Å². The van der Waals surface area contributed by atoms with Gasteiger partial charge in [-0.15, -0.1) is 0 Å². The lowest BCUT2D eigenvalue weighted by molar-refractivity contribution is -0.137. The molecule has 0 saturated carbocycles. The molecule has 2 heterocycles. The maximum absolute atomic E-state index is 14.7. The van der Waals surface area contributed by atoms with Crippen molar-refractivity contribution in [1.29, 1.82) is 0 Å². The lowest BCUT2D eigenvalue weighted by atomic mass is 10.0. The molecule has 2 aromatic rings. The Morgan fingerprint density at radius 1 is 1.21 bits per heavy atom. The zero-order valence-corrected chi connectivity index (χ0v) is 16.4. The van der Waals surface area contributed by atoms with Gasteiger partial charge in [-0.2, -0.15) is 13.2 Å². The van der Waals surface area contributed by atoms with Crippen LogP contribution < -0.4 is 10.6 Å². The van der Waals surface area contributed by atoms with Crippen LogP contribution in [0.2, 0.25) is 5.15 Å². The van der Waals surface area contributed by atoms with Gasteiger partial charge in [-0.05, 0) is 37.6 Å². The second kappa shape index (κ2) is 8.18. The Morgan fingerprint density at radius 2 is 1.93 bits per heavy atom. The number of halogens is 6. The fourth-order valence-electron chi connectivity index (χ4n) is 3.21. The average molecular weight is 432 g/mol. The highest BCUT2D eigenvalue weighted by Gasteiger charge is 2.32. The lowest BCUT2D eigenvalue weighted by Gasteiger charge is -2.18. The summed E-state index contributed by atoms with van der Waals surface area (Å²) in [4.78, 5) is 3.72. The van der Waals surface area contributed by atoms with Crippen LogP contribution in [0.1, 0.15) is 43.9 Å². The van der Waals surface area contributed by atoms with Crippen molar-refractivity contribution in [2.24, 2.45) is 0 Å². The van der Waals surface area contributed by atoms with Gasteiger partial charge in [0.05, 0.1) is 17.3 Å². The van der Waals surface area contributed by atoms with E-state index in [1.54, 1.807) is 6.92 Å². The third-order valence-corrected chi connectivity index (χ3v) is 5.00. The molecule has 2 N–H and O–H groups in total. The van der Waals surface area contributed by atoms with E-state index in [4.69, 9.17) is 11.6 Å². The van der Waals surface area contributed by atoms with Crippen LogP contribution in [0.5, 0.6) is 0 Å². The molecule has 0 aliphatic carbocycles. The molecule has 1 aliphatic heterocycles. The van der Waals surface area contributed by atoms with E-state index in [1.807, 2.05) is 13.1 Å². The fraction of sp³-hybridized carbons (Fsp3) is 0.350. The van der Waals surface area contributed by atoms with Crippen LogP contribution in [-0.4, -0.2) is 11.0 Å². The smallest absolute Gasteiger partial charge is 0.386 e. The maximum atomic E-state index is 14.7. The SMILES string of the molecule is CC[C@H]1CC(NC(C)c2cc(F)c(-c3cc(C(F)(F)F)cc(Cl)n3)cc2F)=CN1. The Morgan fingerprint density at radius 3 is 2.55 bits per heavy atom. The van der Waals surface area contributed by atoms with Crippen molar-refractivity contribution in [1.82, 2.24) is 15.6 Å². The van der Waals surface area contributed by atoms with Crippen molar-refractivity contribution in [2.75, 3.05) is 0 Å². The molecular weight excluding hydrogens is 413 g/mol. The molecule has 9 heteroatoms. The van der Waals surface area contributed by atoms with E-state index in [1.165, 1.54) is 0 Å². The van der Waals surface area contributed by atoms with Gasteiger partial charge in [-0.1, -0.05) is 18.5 Å². The van der Waals surface area contributed by atoms with Gasteiger partial charge in [-0.25, -0.2) is 13.8 Å². The summed E-state index contributed by atoms with van der Waals surface area (Å²) < 4.78 is 68.3. The van der Waals surface area contributed by atoms with Gasteiger partial charge < -0.3 is 10.6 Å². The predicted octanol–water partition coefficient (Wildman–Crippen LogP) is 5.96. The van der Waals surface area contributed by atoms with Crippen molar-refractivity contribution in [3.63, 3.8) is 0 Å². The molecule has 1 aliphatic rings. The number of nitrogens with zero attached hydrogens (tertiary/aromatic N) is 1.